The minimum absolute atomic E-state index is 0. The van der Waals surface area contributed by atoms with Crippen molar-refractivity contribution in [1.82, 2.24) is 10.6 Å². The zero-order valence-electron chi connectivity index (χ0n) is 9.73. The van der Waals surface area contributed by atoms with E-state index in [0.29, 0.717) is 17.2 Å². The summed E-state index contributed by atoms with van der Waals surface area (Å²) in [5.74, 6) is 1.25. The molecule has 1 aromatic carbocycles. The molecule has 4 nitrogen and oxygen atoms in total. The fourth-order valence-electron chi connectivity index (χ4n) is 1.60. The van der Waals surface area contributed by atoms with E-state index in [2.05, 4.69) is 10.6 Å². The van der Waals surface area contributed by atoms with Gasteiger partial charge in [0.2, 0.25) is 0 Å². The van der Waals surface area contributed by atoms with Crippen LogP contribution in [0.4, 0.5) is 0 Å². The highest BCUT2D eigenvalue weighted by Gasteiger charge is 2.17. The van der Waals surface area contributed by atoms with Crippen molar-refractivity contribution in [3.8, 4) is 5.75 Å². The van der Waals surface area contributed by atoms with Crippen molar-refractivity contribution < 1.29 is 9.53 Å². The molecule has 1 saturated heterocycles. The first-order valence-electron chi connectivity index (χ1n) is 5.42. The summed E-state index contributed by atoms with van der Waals surface area (Å²) in [6.45, 7) is 2.74. The van der Waals surface area contributed by atoms with Gasteiger partial charge < -0.3 is 15.4 Å². The van der Waals surface area contributed by atoms with Crippen LogP contribution in [0.5, 0.6) is 5.75 Å². The van der Waals surface area contributed by atoms with Crippen molar-refractivity contribution >= 4 is 18.3 Å². The number of halogens is 1. The maximum atomic E-state index is 11.8. The molecule has 0 aromatic heterocycles. The number of ether oxygens (including phenoxy) is 1. The Morgan fingerprint density at radius 2 is 2.29 bits per heavy atom. The van der Waals surface area contributed by atoms with E-state index in [1.54, 1.807) is 19.2 Å². The number of benzene rings is 1. The lowest BCUT2D eigenvalue weighted by molar-refractivity contribution is 0.0942. The summed E-state index contributed by atoms with van der Waals surface area (Å²) in [6.07, 6.45) is 0. The number of methoxy groups -OCH3 is 1. The van der Waals surface area contributed by atoms with Crippen molar-refractivity contribution in [3.63, 3.8) is 0 Å². The SMILES string of the molecule is COc1cccc(C(=O)NCC2CNC2)c1.Cl. The number of hydrogen-bond acceptors (Lipinski definition) is 3. The van der Waals surface area contributed by atoms with Crippen LogP contribution in [0, 0.1) is 5.92 Å². The molecule has 2 rings (SSSR count). The smallest absolute Gasteiger partial charge is 0.251 e. The third-order valence-corrected chi connectivity index (χ3v) is 2.75. The number of carbonyl (C=O) groups is 1. The largest absolute Gasteiger partial charge is 0.497 e. The molecule has 0 unspecified atom stereocenters. The van der Waals surface area contributed by atoms with Crippen molar-refractivity contribution in [3.05, 3.63) is 29.8 Å². The number of nitrogens with one attached hydrogen (secondary N) is 2. The van der Waals surface area contributed by atoms with Crippen LogP contribution < -0.4 is 15.4 Å². The second kappa shape index (κ2) is 6.47. The molecule has 1 aliphatic heterocycles. The van der Waals surface area contributed by atoms with Gasteiger partial charge in [0.1, 0.15) is 5.75 Å². The van der Waals surface area contributed by atoms with Gasteiger partial charge in [-0.1, -0.05) is 6.07 Å². The van der Waals surface area contributed by atoms with Crippen LogP contribution >= 0.6 is 12.4 Å². The van der Waals surface area contributed by atoms with Gasteiger partial charge in [-0.3, -0.25) is 4.79 Å². The van der Waals surface area contributed by atoms with E-state index in [-0.39, 0.29) is 18.3 Å². The van der Waals surface area contributed by atoms with Crippen molar-refractivity contribution in [2.75, 3.05) is 26.7 Å². The Morgan fingerprint density at radius 3 is 2.88 bits per heavy atom. The summed E-state index contributed by atoms with van der Waals surface area (Å²) in [4.78, 5) is 11.8. The third kappa shape index (κ3) is 3.61. The number of carbonyl (C=O) groups excluding carboxylic acids is 1. The maximum Gasteiger partial charge on any atom is 0.251 e. The second-order valence-corrected chi connectivity index (χ2v) is 3.97. The van der Waals surface area contributed by atoms with Gasteiger partial charge in [-0.05, 0) is 18.2 Å². The van der Waals surface area contributed by atoms with Gasteiger partial charge in [0, 0.05) is 31.1 Å². The van der Waals surface area contributed by atoms with E-state index in [1.165, 1.54) is 0 Å². The Labute approximate surface area is 107 Å². The monoisotopic (exact) mass is 256 g/mol. The van der Waals surface area contributed by atoms with Gasteiger partial charge in [0.05, 0.1) is 7.11 Å². The Bertz CT molecular complexity index is 381. The van der Waals surface area contributed by atoms with E-state index in [9.17, 15) is 4.79 Å². The quantitative estimate of drug-likeness (QED) is 0.847. The molecule has 1 amide bonds. The van der Waals surface area contributed by atoms with E-state index in [4.69, 9.17) is 4.74 Å². The first-order valence-corrected chi connectivity index (χ1v) is 5.42. The van der Waals surface area contributed by atoms with Gasteiger partial charge in [0.25, 0.3) is 5.91 Å². The van der Waals surface area contributed by atoms with Crippen LogP contribution in [-0.2, 0) is 0 Å². The number of rotatable bonds is 4. The van der Waals surface area contributed by atoms with Gasteiger partial charge in [-0.15, -0.1) is 12.4 Å². The van der Waals surface area contributed by atoms with E-state index >= 15 is 0 Å². The summed E-state index contributed by atoms with van der Waals surface area (Å²) >= 11 is 0. The van der Waals surface area contributed by atoms with Crippen LogP contribution in [0.3, 0.4) is 0 Å². The molecular formula is C12H17ClN2O2. The van der Waals surface area contributed by atoms with Crippen molar-refractivity contribution in [2.24, 2.45) is 5.92 Å². The van der Waals surface area contributed by atoms with Gasteiger partial charge in [0.15, 0.2) is 0 Å². The van der Waals surface area contributed by atoms with Crippen LogP contribution in [0.25, 0.3) is 0 Å². The zero-order chi connectivity index (χ0) is 11.4. The molecule has 17 heavy (non-hydrogen) atoms. The van der Waals surface area contributed by atoms with E-state index < -0.39 is 0 Å². The van der Waals surface area contributed by atoms with Crippen LogP contribution in [0.1, 0.15) is 10.4 Å². The van der Waals surface area contributed by atoms with Gasteiger partial charge in [-0.2, -0.15) is 0 Å². The molecule has 0 spiro atoms. The Balaban J connectivity index is 0.00000144. The zero-order valence-corrected chi connectivity index (χ0v) is 10.5. The van der Waals surface area contributed by atoms with E-state index in [1.807, 2.05) is 12.1 Å². The highest BCUT2D eigenvalue weighted by Crippen LogP contribution is 2.12. The molecule has 1 fully saturated rings. The summed E-state index contributed by atoms with van der Waals surface area (Å²) < 4.78 is 5.07. The molecule has 2 N–H and O–H groups in total. The molecule has 1 aromatic rings. The minimum Gasteiger partial charge on any atom is -0.497 e. The van der Waals surface area contributed by atoms with Crippen LogP contribution in [-0.4, -0.2) is 32.7 Å². The molecule has 0 bridgehead atoms. The highest BCUT2D eigenvalue weighted by atomic mass is 35.5. The molecule has 94 valence electrons. The average molecular weight is 257 g/mol. The first-order chi connectivity index (χ1) is 7.79. The number of hydrogen-bond donors (Lipinski definition) is 2. The fraction of sp³-hybridized carbons (Fsp3) is 0.417. The summed E-state index contributed by atoms with van der Waals surface area (Å²) in [5.41, 5.74) is 0.645. The average Bonchev–Trinajstić information content (AvgIpc) is 2.27. The Kier molecular flexibility index (Phi) is 5.25. The molecule has 0 atom stereocenters. The second-order valence-electron chi connectivity index (χ2n) is 3.97. The lowest BCUT2D eigenvalue weighted by Gasteiger charge is -2.27. The van der Waals surface area contributed by atoms with Gasteiger partial charge >= 0.3 is 0 Å². The first kappa shape index (κ1) is 13.8. The Hall–Kier alpha value is -1.26. The standard InChI is InChI=1S/C12H16N2O2.ClH/c1-16-11-4-2-3-10(5-11)12(15)14-8-9-6-13-7-9;/h2-5,9,13H,6-8H2,1H3,(H,14,15);1H. The van der Waals surface area contributed by atoms with Crippen LogP contribution in [0.15, 0.2) is 24.3 Å². The molecule has 1 heterocycles. The summed E-state index contributed by atoms with van der Waals surface area (Å²) in [7, 11) is 1.59. The summed E-state index contributed by atoms with van der Waals surface area (Å²) in [5, 5.41) is 6.09. The predicted octanol–water partition coefficient (Wildman–Crippen LogP) is 1.07. The molecular weight excluding hydrogens is 240 g/mol. The molecule has 0 saturated carbocycles. The highest BCUT2D eigenvalue weighted by molar-refractivity contribution is 5.94. The molecule has 5 heteroatoms. The molecule has 1 aliphatic rings. The normalized spacial score (nSPS) is 14.4. The van der Waals surface area contributed by atoms with Crippen molar-refractivity contribution in [1.29, 1.82) is 0 Å². The van der Waals surface area contributed by atoms with Gasteiger partial charge in [-0.25, -0.2) is 0 Å². The Morgan fingerprint density at radius 1 is 1.53 bits per heavy atom. The lowest BCUT2D eigenvalue weighted by Crippen LogP contribution is -2.48. The maximum absolute atomic E-state index is 11.8. The molecule has 0 radical (unpaired) electrons. The predicted molar refractivity (Wildman–Crippen MR) is 68.9 cm³/mol. The fourth-order valence-corrected chi connectivity index (χ4v) is 1.60. The molecule has 0 aliphatic carbocycles. The number of amides is 1. The minimum atomic E-state index is -0.0363. The topological polar surface area (TPSA) is 50.4 Å². The lowest BCUT2D eigenvalue weighted by atomic mass is 10.0. The van der Waals surface area contributed by atoms with Crippen LogP contribution in [0.2, 0.25) is 0 Å². The van der Waals surface area contributed by atoms with E-state index in [0.717, 1.165) is 19.6 Å². The summed E-state index contributed by atoms with van der Waals surface area (Å²) in [6, 6.07) is 7.18. The third-order valence-electron chi connectivity index (χ3n) is 2.75. The van der Waals surface area contributed by atoms with Crippen molar-refractivity contribution in [2.45, 2.75) is 0 Å².